The van der Waals surface area contributed by atoms with Crippen LogP contribution in [-0.2, 0) is 4.74 Å². The highest BCUT2D eigenvalue weighted by Gasteiger charge is 2.21. The summed E-state index contributed by atoms with van der Waals surface area (Å²) < 4.78 is 15.6. The predicted molar refractivity (Wildman–Crippen MR) is 85.7 cm³/mol. The van der Waals surface area contributed by atoms with Crippen molar-refractivity contribution in [1.29, 1.82) is 0 Å². The van der Waals surface area contributed by atoms with Crippen LogP contribution < -0.4 is 15.2 Å². The number of hydrogen-bond donors (Lipinski definition) is 1. The number of hydrogen-bond acceptors (Lipinski definition) is 7. The van der Waals surface area contributed by atoms with Crippen molar-refractivity contribution < 1.29 is 19.0 Å². The number of aromatic nitrogens is 2. The standard InChI is InChI=1S/C16H19N3O4/c1-5-23-15(20)13-9(2)18-16(17)19-14(13)10-6-7-11(21-3)12(8-10)22-4/h6-8H,5H2,1-4H3,(H2,17,18,19). The topological polar surface area (TPSA) is 96.6 Å². The van der Waals surface area contributed by atoms with Gasteiger partial charge in [0.15, 0.2) is 11.5 Å². The van der Waals surface area contributed by atoms with Gasteiger partial charge in [-0.25, -0.2) is 14.8 Å². The van der Waals surface area contributed by atoms with Gasteiger partial charge in [0.1, 0.15) is 5.56 Å². The Morgan fingerprint density at radius 3 is 2.48 bits per heavy atom. The molecule has 0 saturated heterocycles. The van der Waals surface area contributed by atoms with E-state index in [0.29, 0.717) is 28.5 Å². The van der Waals surface area contributed by atoms with Crippen molar-refractivity contribution in [3.05, 3.63) is 29.5 Å². The van der Waals surface area contributed by atoms with Crippen LogP contribution in [-0.4, -0.2) is 36.8 Å². The number of anilines is 1. The molecule has 1 aromatic heterocycles. The summed E-state index contributed by atoms with van der Waals surface area (Å²) in [4.78, 5) is 20.5. The number of carbonyl (C=O) groups is 1. The largest absolute Gasteiger partial charge is 0.493 e. The van der Waals surface area contributed by atoms with Gasteiger partial charge in [0.05, 0.1) is 32.2 Å². The zero-order valence-electron chi connectivity index (χ0n) is 13.5. The maximum atomic E-state index is 12.2. The molecule has 2 N–H and O–H groups in total. The number of benzene rings is 1. The second kappa shape index (κ2) is 6.95. The molecule has 0 bridgehead atoms. The molecule has 7 heteroatoms. The van der Waals surface area contributed by atoms with Crippen molar-refractivity contribution in [1.82, 2.24) is 9.97 Å². The summed E-state index contributed by atoms with van der Waals surface area (Å²) in [5.74, 6) is 0.692. The van der Waals surface area contributed by atoms with Crippen molar-refractivity contribution in [2.75, 3.05) is 26.6 Å². The van der Waals surface area contributed by atoms with Crippen LogP contribution in [0.3, 0.4) is 0 Å². The van der Waals surface area contributed by atoms with E-state index in [2.05, 4.69) is 9.97 Å². The molecule has 2 rings (SSSR count). The molecule has 0 radical (unpaired) electrons. The first-order valence-corrected chi connectivity index (χ1v) is 7.05. The van der Waals surface area contributed by atoms with E-state index >= 15 is 0 Å². The number of esters is 1. The Kier molecular flexibility index (Phi) is 5.00. The van der Waals surface area contributed by atoms with Gasteiger partial charge in [0, 0.05) is 5.56 Å². The van der Waals surface area contributed by atoms with E-state index in [1.54, 1.807) is 39.2 Å². The van der Waals surface area contributed by atoms with Gasteiger partial charge in [-0.1, -0.05) is 0 Å². The molecule has 0 saturated carbocycles. The van der Waals surface area contributed by atoms with Gasteiger partial charge in [-0.05, 0) is 32.0 Å². The Bertz CT molecular complexity index is 732. The molecule has 2 aromatic rings. The summed E-state index contributed by atoms with van der Waals surface area (Å²) in [6.45, 7) is 3.68. The summed E-state index contributed by atoms with van der Waals surface area (Å²) in [5, 5.41) is 0. The maximum absolute atomic E-state index is 12.2. The molecule has 23 heavy (non-hydrogen) atoms. The summed E-state index contributed by atoms with van der Waals surface area (Å²) in [7, 11) is 3.09. The molecule has 0 aliphatic carbocycles. The van der Waals surface area contributed by atoms with E-state index < -0.39 is 5.97 Å². The Balaban J connectivity index is 2.64. The minimum atomic E-state index is -0.491. The van der Waals surface area contributed by atoms with Crippen molar-refractivity contribution in [2.24, 2.45) is 0 Å². The summed E-state index contributed by atoms with van der Waals surface area (Å²) in [6.07, 6.45) is 0. The van der Waals surface area contributed by atoms with Crippen molar-refractivity contribution >= 4 is 11.9 Å². The number of nitrogens with two attached hydrogens (primary N) is 1. The highest BCUT2D eigenvalue weighted by atomic mass is 16.5. The number of carbonyl (C=O) groups excluding carboxylic acids is 1. The van der Waals surface area contributed by atoms with E-state index in [4.69, 9.17) is 19.9 Å². The van der Waals surface area contributed by atoms with Gasteiger partial charge in [-0.2, -0.15) is 0 Å². The van der Waals surface area contributed by atoms with Crippen molar-refractivity contribution in [2.45, 2.75) is 13.8 Å². The van der Waals surface area contributed by atoms with Crippen LogP contribution in [0.25, 0.3) is 11.3 Å². The zero-order chi connectivity index (χ0) is 17.0. The molecule has 0 spiro atoms. The first kappa shape index (κ1) is 16.5. The van der Waals surface area contributed by atoms with E-state index in [-0.39, 0.29) is 18.1 Å². The van der Waals surface area contributed by atoms with Gasteiger partial charge in [-0.15, -0.1) is 0 Å². The molecular weight excluding hydrogens is 298 g/mol. The lowest BCUT2D eigenvalue weighted by Gasteiger charge is -2.13. The molecular formula is C16H19N3O4. The average molecular weight is 317 g/mol. The van der Waals surface area contributed by atoms with E-state index in [1.165, 1.54) is 7.11 Å². The van der Waals surface area contributed by atoms with Crippen molar-refractivity contribution in [3.8, 4) is 22.8 Å². The summed E-state index contributed by atoms with van der Waals surface area (Å²) in [5.41, 5.74) is 7.53. The lowest BCUT2D eigenvalue weighted by molar-refractivity contribution is 0.0525. The van der Waals surface area contributed by atoms with Crippen LogP contribution in [0.4, 0.5) is 5.95 Å². The minimum Gasteiger partial charge on any atom is -0.493 e. The third-order valence-electron chi connectivity index (χ3n) is 3.24. The van der Waals surface area contributed by atoms with Crippen LogP contribution in [0, 0.1) is 6.92 Å². The van der Waals surface area contributed by atoms with E-state index in [9.17, 15) is 4.79 Å². The number of nitrogens with zero attached hydrogens (tertiary/aromatic N) is 2. The number of nitrogen functional groups attached to an aromatic ring is 1. The van der Waals surface area contributed by atoms with Gasteiger partial charge in [0.2, 0.25) is 5.95 Å². The van der Waals surface area contributed by atoms with Gasteiger partial charge >= 0.3 is 5.97 Å². The number of ether oxygens (including phenoxy) is 3. The molecule has 0 fully saturated rings. The molecule has 0 amide bonds. The molecule has 7 nitrogen and oxygen atoms in total. The van der Waals surface area contributed by atoms with Gasteiger partial charge in [0.25, 0.3) is 0 Å². The number of aryl methyl sites for hydroxylation is 1. The van der Waals surface area contributed by atoms with Crippen molar-refractivity contribution in [3.63, 3.8) is 0 Å². The molecule has 122 valence electrons. The van der Waals surface area contributed by atoms with Gasteiger partial charge in [-0.3, -0.25) is 0 Å². The summed E-state index contributed by atoms with van der Waals surface area (Å²) in [6, 6.07) is 5.23. The lowest BCUT2D eigenvalue weighted by Crippen LogP contribution is -2.13. The summed E-state index contributed by atoms with van der Waals surface area (Å²) >= 11 is 0. The molecule has 1 aromatic carbocycles. The maximum Gasteiger partial charge on any atom is 0.342 e. The average Bonchev–Trinajstić information content (AvgIpc) is 2.53. The second-order valence-corrected chi connectivity index (χ2v) is 4.68. The fraction of sp³-hybridized carbons (Fsp3) is 0.312. The van der Waals surface area contributed by atoms with Crippen LogP contribution in [0.15, 0.2) is 18.2 Å². The lowest BCUT2D eigenvalue weighted by atomic mass is 10.0. The fourth-order valence-electron chi connectivity index (χ4n) is 2.23. The molecule has 0 aliphatic heterocycles. The Morgan fingerprint density at radius 2 is 1.87 bits per heavy atom. The highest BCUT2D eigenvalue weighted by molar-refractivity contribution is 5.97. The Labute approximate surface area is 134 Å². The third-order valence-corrected chi connectivity index (χ3v) is 3.24. The SMILES string of the molecule is CCOC(=O)c1c(C)nc(N)nc1-c1ccc(OC)c(OC)c1. The normalized spacial score (nSPS) is 10.3. The Hall–Kier alpha value is -2.83. The highest BCUT2D eigenvalue weighted by Crippen LogP contribution is 2.33. The first-order valence-electron chi connectivity index (χ1n) is 7.05. The Morgan fingerprint density at radius 1 is 1.17 bits per heavy atom. The van der Waals surface area contributed by atoms with Crippen LogP contribution in [0.2, 0.25) is 0 Å². The van der Waals surface area contributed by atoms with Crippen LogP contribution in [0.1, 0.15) is 23.0 Å². The molecule has 0 aliphatic rings. The number of rotatable bonds is 5. The zero-order valence-corrected chi connectivity index (χ0v) is 13.5. The van der Waals surface area contributed by atoms with E-state index in [0.717, 1.165) is 0 Å². The molecule has 0 unspecified atom stereocenters. The quantitative estimate of drug-likeness (QED) is 0.844. The van der Waals surface area contributed by atoms with Crippen LogP contribution >= 0.6 is 0 Å². The van der Waals surface area contributed by atoms with E-state index in [1.807, 2.05) is 0 Å². The third kappa shape index (κ3) is 3.33. The first-order chi connectivity index (χ1) is 11.0. The minimum absolute atomic E-state index is 0.0836. The van der Waals surface area contributed by atoms with Crippen LogP contribution in [0.5, 0.6) is 11.5 Å². The second-order valence-electron chi connectivity index (χ2n) is 4.68. The van der Waals surface area contributed by atoms with Gasteiger partial charge < -0.3 is 19.9 Å². The number of methoxy groups -OCH3 is 2. The molecule has 0 atom stereocenters. The monoisotopic (exact) mass is 317 g/mol. The smallest absolute Gasteiger partial charge is 0.342 e. The predicted octanol–water partition coefficient (Wildman–Crippen LogP) is 2.23. The molecule has 1 heterocycles. The fourth-order valence-corrected chi connectivity index (χ4v) is 2.23.